The van der Waals surface area contributed by atoms with Gasteiger partial charge in [-0.1, -0.05) is 0 Å². The van der Waals surface area contributed by atoms with E-state index in [1.165, 1.54) is 11.3 Å². The minimum Gasteiger partial charge on any atom is -0.396 e. The van der Waals surface area contributed by atoms with Crippen LogP contribution in [-0.4, -0.2) is 50.1 Å². The lowest BCUT2D eigenvalue weighted by Crippen LogP contribution is -2.48. The highest BCUT2D eigenvalue weighted by Crippen LogP contribution is 2.38. The van der Waals surface area contributed by atoms with E-state index in [4.69, 9.17) is 5.73 Å². The van der Waals surface area contributed by atoms with E-state index in [0.29, 0.717) is 22.2 Å². The lowest BCUT2D eigenvalue weighted by Gasteiger charge is -2.37. The number of nitrogens with one attached hydrogen (secondary N) is 1. The number of hydrogen-bond donors (Lipinski definition) is 2. The number of nitrogen functional groups attached to an aromatic ring is 1. The van der Waals surface area contributed by atoms with Crippen LogP contribution in [0.2, 0.25) is 0 Å². The smallest absolute Gasteiger partial charge is 0.263 e. The van der Waals surface area contributed by atoms with E-state index >= 15 is 0 Å². The third-order valence-electron chi connectivity index (χ3n) is 3.80. The summed E-state index contributed by atoms with van der Waals surface area (Å²) in [5.41, 5.74) is 6.69. The van der Waals surface area contributed by atoms with Crippen molar-refractivity contribution in [1.29, 1.82) is 5.26 Å². The molecule has 1 amide bonds. The van der Waals surface area contributed by atoms with Gasteiger partial charge in [-0.15, -0.1) is 11.3 Å². The van der Waals surface area contributed by atoms with Crippen LogP contribution in [0.5, 0.6) is 0 Å². The van der Waals surface area contributed by atoms with Crippen molar-refractivity contribution in [1.82, 2.24) is 10.2 Å². The van der Waals surface area contributed by atoms with Crippen LogP contribution in [0, 0.1) is 11.3 Å². The minimum atomic E-state index is -0.235. The predicted molar refractivity (Wildman–Crippen MR) is 85.8 cm³/mol. The highest BCUT2D eigenvalue weighted by molar-refractivity contribution is 7.19. The zero-order valence-electron chi connectivity index (χ0n) is 12.6. The third kappa shape index (κ3) is 2.96. The Morgan fingerprint density at radius 3 is 2.48 bits per heavy atom. The number of rotatable bonds is 3. The van der Waals surface area contributed by atoms with Crippen LogP contribution in [-0.2, 0) is 0 Å². The van der Waals surface area contributed by atoms with E-state index in [-0.39, 0.29) is 5.91 Å². The Kier molecular flexibility index (Phi) is 4.70. The first kappa shape index (κ1) is 15.6. The first-order valence-corrected chi connectivity index (χ1v) is 7.84. The zero-order chi connectivity index (χ0) is 15.6. The maximum Gasteiger partial charge on any atom is 0.263 e. The molecule has 1 aromatic rings. The van der Waals surface area contributed by atoms with Crippen LogP contribution in [0.4, 0.5) is 10.7 Å². The first-order valence-electron chi connectivity index (χ1n) is 7.03. The summed E-state index contributed by atoms with van der Waals surface area (Å²) in [6.07, 6.45) is 0. The lowest BCUT2D eigenvalue weighted by molar-refractivity contribution is 0.0968. The fourth-order valence-corrected chi connectivity index (χ4v) is 3.66. The van der Waals surface area contributed by atoms with Crippen molar-refractivity contribution in [2.75, 3.05) is 43.9 Å². The summed E-state index contributed by atoms with van der Waals surface area (Å²) in [4.78, 5) is 16.8. The Labute approximate surface area is 129 Å². The molecule has 0 unspecified atom stereocenters. The molecule has 0 radical (unpaired) electrons. The summed E-state index contributed by atoms with van der Waals surface area (Å²) in [6, 6.07) is 2.67. The van der Waals surface area contributed by atoms with E-state index in [1.807, 2.05) is 0 Å². The number of piperazine rings is 1. The van der Waals surface area contributed by atoms with Crippen molar-refractivity contribution in [3.63, 3.8) is 0 Å². The fraction of sp³-hybridized carbons (Fsp3) is 0.571. The summed E-state index contributed by atoms with van der Waals surface area (Å²) in [6.45, 7) is 7.97. The highest BCUT2D eigenvalue weighted by Gasteiger charge is 2.26. The topological polar surface area (TPSA) is 85.4 Å². The SMILES string of the molecule is CNC(=O)c1sc(N2CCN(C(C)C)CC2)c(C#N)c1N. The predicted octanol–water partition coefficient (Wildman–Crippen LogP) is 1.09. The number of amides is 1. The zero-order valence-corrected chi connectivity index (χ0v) is 13.5. The molecular weight excluding hydrogens is 286 g/mol. The van der Waals surface area contributed by atoms with Crippen LogP contribution < -0.4 is 16.0 Å². The number of hydrogen-bond acceptors (Lipinski definition) is 6. The molecule has 1 saturated heterocycles. The van der Waals surface area contributed by atoms with E-state index in [9.17, 15) is 10.1 Å². The summed E-state index contributed by atoms with van der Waals surface area (Å²) in [7, 11) is 1.56. The maximum absolute atomic E-state index is 11.8. The van der Waals surface area contributed by atoms with Gasteiger partial charge in [-0.2, -0.15) is 5.26 Å². The largest absolute Gasteiger partial charge is 0.396 e. The molecule has 1 aliphatic heterocycles. The molecule has 2 rings (SSSR count). The fourth-order valence-electron chi connectivity index (χ4n) is 2.49. The molecular formula is C14H21N5OS. The van der Waals surface area contributed by atoms with E-state index < -0.39 is 0 Å². The average molecular weight is 307 g/mol. The van der Waals surface area contributed by atoms with Crippen LogP contribution in [0.25, 0.3) is 0 Å². The highest BCUT2D eigenvalue weighted by atomic mass is 32.1. The number of carbonyl (C=O) groups excluding carboxylic acids is 1. The number of nitriles is 1. The molecule has 0 saturated carbocycles. The minimum absolute atomic E-state index is 0.235. The Hall–Kier alpha value is -1.78. The quantitative estimate of drug-likeness (QED) is 0.873. The summed E-state index contributed by atoms with van der Waals surface area (Å²) >= 11 is 1.31. The molecule has 0 spiro atoms. The second-order valence-electron chi connectivity index (χ2n) is 5.33. The second kappa shape index (κ2) is 6.33. The number of nitrogens with zero attached hydrogens (tertiary/aromatic N) is 3. The van der Waals surface area contributed by atoms with Crippen molar-refractivity contribution in [3.8, 4) is 6.07 Å². The number of nitrogens with two attached hydrogens (primary N) is 1. The molecule has 1 aromatic heterocycles. The van der Waals surface area contributed by atoms with E-state index in [0.717, 1.165) is 31.2 Å². The van der Waals surface area contributed by atoms with Crippen molar-refractivity contribution < 1.29 is 4.79 Å². The number of anilines is 2. The second-order valence-corrected chi connectivity index (χ2v) is 6.33. The molecule has 3 N–H and O–H groups in total. The van der Waals surface area contributed by atoms with Crippen LogP contribution in [0.15, 0.2) is 0 Å². The molecule has 21 heavy (non-hydrogen) atoms. The Balaban J connectivity index is 2.25. The van der Waals surface area contributed by atoms with Gasteiger partial charge in [0.15, 0.2) is 0 Å². The van der Waals surface area contributed by atoms with Gasteiger partial charge in [0.1, 0.15) is 21.5 Å². The van der Waals surface area contributed by atoms with Gasteiger partial charge in [0.2, 0.25) is 0 Å². The van der Waals surface area contributed by atoms with Gasteiger partial charge in [0, 0.05) is 39.3 Å². The first-order chi connectivity index (χ1) is 9.99. The van der Waals surface area contributed by atoms with Gasteiger partial charge < -0.3 is 16.0 Å². The standard InChI is InChI=1S/C14H21N5OS/c1-9(2)18-4-6-19(7-5-18)14-10(8-15)11(16)12(21-14)13(20)17-3/h9H,4-7,16H2,1-3H3,(H,17,20). The Bertz CT molecular complexity index is 567. The number of carbonyl (C=O) groups is 1. The third-order valence-corrected chi connectivity index (χ3v) is 5.07. The molecule has 7 heteroatoms. The summed E-state index contributed by atoms with van der Waals surface area (Å²) in [5, 5.41) is 12.7. The van der Waals surface area contributed by atoms with Gasteiger partial charge in [0.25, 0.3) is 5.91 Å². The molecule has 0 aliphatic carbocycles. The summed E-state index contributed by atoms with van der Waals surface area (Å²) < 4.78 is 0. The molecule has 114 valence electrons. The van der Waals surface area contributed by atoms with Gasteiger partial charge in [-0.25, -0.2) is 0 Å². The normalized spacial score (nSPS) is 16.0. The van der Waals surface area contributed by atoms with Crippen molar-refractivity contribution in [2.24, 2.45) is 0 Å². The molecule has 0 atom stereocenters. The maximum atomic E-state index is 11.8. The van der Waals surface area contributed by atoms with Gasteiger partial charge in [0.05, 0.1) is 5.69 Å². The van der Waals surface area contributed by atoms with Crippen molar-refractivity contribution in [3.05, 3.63) is 10.4 Å². The molecule has 0 aromatic carbocycles. The summed E-state index contributed by atoms with van der Waals surface area (Å²) in [5.74, 6) is -0.235. The average Bonchev–Trinajstić information content (AvgIpc) is 2.83. The molecule has 6 nitrogen and oxygen atoms in total. The monoisotopic (exact) mass is 307 g/mol. The van der Waals surface area contributed by atoms with Gasteiger partial charge in [-0.3, -0.25) is 9.69 Å². The van der Waals surface area contributed by atoms with E-state index in [2.05, 4.69) is 35.0 Å². The van der Waals surface area contributed by atoms with Crippen LogP contribution in [0.3, 0.4) is 0 Å². The Morgan fingerprint density at radius 1 is 1.38 bits per heavy atom. The molecule has 1 fully saturated rings. The van der Waals surface area contributed by atoms with Crippen molar-refractivity contribution in [2.45, 2.75) is 19.9 Å². The number of thiophene rings is 1. The van der Waals surface area contributed by atoms with Crippen LogP contribution >= 0.6 is 11.3 Å². The van der Waals surface area contributed by atoms with Crippen molar-refractivity contribution >= 4 is 27.9 Å². The molecule has 2 heterocycles. The van der Waals surface area contributed by atoms with Gasteiger partial charge in [-0.05, 0) is 13.8 Å². The lowest BCUT2D eigenvalue weighted by atomic mass is 10.2. The van der Waals surface area contributed by atoms with Crippen LogP contribution in [0.1, 0.15) is 29.1 Å². The van der Waals surface area contributed by atoms with Gasteiger partial charge >= 0.3 is 0 Å². The van der Waals surface area contributed by atoms with E-state index in [1.54, 1.807) is 7.05 Å². The molecule has 1 aliphatic rings. The Morgan fingerprint density at radius 2 is 2.00 bits per heavy atom. The molecule has 0 bridgehead atoms.